The second-order valence-corrected chi connectivity index (χ2v) is 3.35. The van der Waals surface area contributed by atoms with Gasteiger partial charge in [0.2, 0.25) is 0 Å². The normalized spacial score (nSPS) is 19.1. The molecule has 0 heterocycles. The van der Waals surface area contributed by atoms with E-state index in [1.54, 1.807) is 0 Å². The SMILES string of the molecule is CSCCCC1[CH]C1. The van der Waals surface area contributed by atoms with Crippen molar-refractivity contribution in [2.24, 2.45) is 5.92 Å². The van der Waals surface area contributed by atoms with Crippen molar-refractivity contribution in [1.82, 2.24) is 0 Å². The van der Waals surface area contributed by atoms with Gasteiger partial charge in [0.25, 0.3) is 0 Å². The number of hydrogen-bond donors (Lipinski definition) is 0. The third-order valence-electron chi connectivity index (χ3n) is 1.49. The van der Waals surface area contributed by atoms with Crippen LogP contribution in [0.1, 0.15) is 19.3 Å². The van der Waals surface area contributed by atoms with E-state index in [1.807, 2.05) is 11.8 Å². The second-order valence-electron chi connectivity index (χ2n) is 2.37. The molecule has 0 aliphatic heterocycles. The topological polar surface area (TPSA) is 0 Å². The lowest BCUT2D eigenvalue weighted by atomic mass is 10.2. The first-order valence-electron chi connectivity index (χ1n) is 3.26. The van der Waals surface area contributed by atoms with Gasteiger partial charge in [-0.15, -0.1) is 0 Å². The summed E-state index contributed by atoms with van der Waals surface area (Å²) >= 11 is 1.96. The van der Waals surface area contributed by atoms with Crippen molar-refractivity contribution in [3.8, 4) is 0 Å². The first-order valence-corrected chi connectivity index (χ1v) is 4.65. The molecule has 1 atom stereocenters. The molecule has 1 fully saturated rings. The van der Waals surface area contributed by atoms with E-state index in [0.29, 0.717) is 0 Å². The van der Waals surface area contributed by atoms with E-state index < -0.39 is 0 Å². The highest BCUT2D eigenvalue weighted by Crippen LogP contribution is 2.32. The monoisotopic (exact) mass is 129 g/mol. The molecule has 1 heteroatoms. The summed E-state index contributed by atoms with van der Waals surface area (Å²) in [7, 11) is 0. The molecule has 0 aromatic carbocycles. The van der Waals surface area contributed by atoms with Gasteiger partial charge >= 0.3 is 0 Å². The first-order chi connectivity index (χ1) is 3.93. The largest absolute Gasteiger partial charge is 0.165 e. The van der Waals surface area contributed by atoms with Crippen LogP contribution in [0.2, 0.25) is 0 Å². The van der Waals surface area contributed by atoms with E-state index in [2.05, 4.69) is 12.7 Å². The number of thioether (sulfide) groups is 1. The molecule has 1 radical (unpaired) electrons. The van der Waals surface area contributed by atoms with E-state index in [-0.39, 0.29) is 0 Å². The Labute approximate surface area is 56.0 Å². The maximum absolute atomic E-state index is 2.40. The molecule has 1 aliphatic rings. The average Bonchev–Trinajstić information content (AvgIpc) is 2.51. The Morgan fingerprint density at radius 1 is 1.75 bits per heavy atom. The van der Waals surface area contributed by atoms with Gasteiger partial charge < -0.3 is 0 Å². The van der Waals surface area contributed by atoms with E-state index in [0.717, 1.165) is 5.92 Å². The van der Waals surface area contributed by atoms with Crippen molar-refractivity contribution < 1.29 is 0 Å². The van der Waals surface area contributed by atoms with Gasteiger partial charge in [-0.05, 0) is 43.6 Å². The fourth-order valence-electron chi connectivity index (χ4n) is 0.822. The smallest absolute Gasteiger partial charge is 0.00702 e. The number of rotatable bonds is 4. The summed E-state index contributed by atoms with van der Waals surface area (Å²) in [5.74, 6) is 2.37. The Balaban J connectivity index is 1.74. The van der Waals surface area contributed by atoms with Gasteiger partial charge in [-0.3, -0.25) is 0 Å². The molecule has 0 nitrogen and oxygen atoms in total. The molecule has 0 saturated heterocycles. The highest BCUT2D eigenvalue weighted by molar-refractivity contribution is 7.98. The molecular formula is C7H13S. The fraction of sp³-hybridized carbons (Fsp3) is 0.857. The Hall–Kier alpha value is 0.350. The van der Waals surface area contributed by atoms with Crippen LogP contribution in [0, 0.1) is 12.3 Å². The van der Waals surface area contributed by atoms with E-state index in [1.165, 1.54) is 25.0 Å². The van der Waals surface area contributed by atoms with Crippen LogP contribution in [-0.2, 0) is 0 Å². The molecule has 0 aromatic rings. The van der Waals surface area contributed by atoms with Gasteiger partial charge in [-0.2, -0.15) is 11.8 Å². The molecule has 0 N–H and O–H groups in total. The van der Waals surface area contributed by atoms with Gasteiger partial charge in [0.05, 0.1) is 0 Å². The lowest BCUT2D eigenvalue weighted by molar-refractivity contribution is 0.732. The van der Waals surface area contributed by atoms with Crippen LogP contribution < -0.4 is 0 Å². The predicted octanol–water partition coefficient (Wildman–Crippen LogP) is 2.35. The van der Waals surface area contributed by atoms with Gasteiger partial charge in [0, 0.05) is 0 Å². The summed E-state index contributed by atoms with van der Waals surface area (Å²) < 4.78 is 0. The van der Waals surface area contributed by atoms with Crippen molar-refractivity contribution in [3.05, 3.63) is 6.42 Å². The highest BCUT2D eigenvalue weighted by Gasteiger charge is 2.20. The third kappa shape index (κ3) is 2.61. The van der Waals surface area contributed by atoms with Crippen molar-refractivity contribution in [1.29, 1.82) is 0 Å². The second kappa shape index (κ2) is 3.39. The van der Waals surface area contributed by atoms with Crippen LogP contribution in [0.3, 0.4) is 0 Å². The zero-order chi connectivity index (χ0) is 5.82. The van der Waals surface area contributed by atoms with Crippen molar-refractivity contribution in [2.45, 2.75) is 19.3 Å². The Morgan fingerprint density at radius 3 is 3.00 bits per heavy atom. The van der Waals surface area contributed by atoms with Crippen molar-refractivity contribution in [3.63, 3.8) is 0 Å². The minimum Gasteiger partial charge on any atom is -0.165 e. The van der Waals surface area contributed by atoms with Crippen LogP contribution in [0.25, 0.3) is 0 Å². The summed E-state index contributed by atoms with van der Waals surface area (Å²) in [6.45, 7) is 0. The molecule has 8 heavy (non-hydrogen) atoms. The zero-order valence-corrected chi connectivity index (χ0v) is 6.21. The van der Waals surface area contributed by atoms with Crippen molar-refractivity contribution in [2.75, 3.05) is 12.0 Å². The molecule has 1 saturated carbocycles. The quantitative estimate of drug-likeness (QED) is 0.525. The van der Waals surface area contributed by atoms with Crippen LogP contribution in [0.5, 0.6) is 0 Å². The van der Waals surface area contributed by atoms with Gasteiger partial charge in [0.15, 0.2) is 0 Å². The molecule has 1 rings (SSSR count). The standard InChI is InChI=1S/C7H13S/c1-8-6-2-3-7-4-5-7/h4,7H,2-3,5-6H2,1H3. The van der Waals surface area contributed by atoms with Crippen molar-refractivity contribution >= 4 is 11.8 Å². The van der Waals surface area contributed by atoms with Crippen LogP contribution >= 0.6 is 11.8 Å². The first kappa shape index (κ1) is 6.47. The minimum atomic E-state index is 1.02. The molecular weight excluding hydrogens is 116 g/mol. The lowest BCUT2D eigenvalue weighted by Gasteiger charge is -1.92. The molecule has 0 aromatic heterocycles. The van der Waals surface area contributed by atoms with Crippen LogP contribution in [0.15, 0.2) is 0 Å². The Morgan fingerprint density at radius 2 is 2.50 bits per heavy atom. The number of hydrogen-bond acceptors (Lipinski definition) is 1. The lowest BCUT2D eigenvalue weighted by Crippen LogP contribution is -1.79. The highest BCUT2D eigenvalue weighted by atomic mass is 32.2. The van der Waals surface area contributed by atoms with Gasteiger partial charge in [0.1, 0.15) is 0 Å². The molecule has 0 spiro atoms. The maximum atomic E-state index is 2.40. The van der Waals surface area contributed by atoms with Gasteiger partial charge in [-0.1, -0.05) is 0 Å². The third-order valence-corrected chi connectivity index (χ3v) is 2.19. The maximum Gasteiger partial charge on any atom is -0.00702 e. The predicted molar refractivity (Wildman–Crippen MR) is 40.0 cm³/mol. The zero-order valence-electron chi connectivity index (χ0n) is 5.39. The summed E-state index contributed by atoms with van der Waals surface area (Å²) in [6, 6.07) is 0. The minimum absolute atomic E-state index is 1.02. The summed E-state index contributed by atoms with van der Waals surface area (Å²) in [6.07, 6.45) is 8.84. The van der Waals surface area contributed by atoms with Gasteiger partial charge in [-0.25, -0.2) is 0 Å². The van der Waals surface area contributed by atoms with E-state index >= 15 is 0 Å². The van der Waals surface area contributed by atoms with E-state index in [9.17, 15) is 0 Å². The van der Waals surface area contributed by atoms with Crippen LogP contribution in [0.4, 0.5) is 0 Å². The fourth-order valence-corrected chi connectivity index (χ4v) is 1.28. The molecule has 1 unspecified atom stereocenters. The summed E-state index contributed by atoms with van der Waals surface area (Å²) in [5.41, 5.74) is 0. The molecule has 0 bridgehead atoms. The Kier molecular flexibility index (Phi) is 2.74. The molecule has 1 aliphatic carbocycles. The molecule has 0 amide bonds. The van der Waals surface area contributed by atoms with E-state index in [4.69, 9.17) is 0 Å². The summed E-state index contributed by atoms with van der Waals surface area (Å²) in [4.78, 5) is 0. The Bertz CT molecular complexity index is 57.4. The summed E-state index contributed by atoms with van der Waals surface area (Å²) in [5, 5.41) is 0. The van der Waals surface area contributed by atoms with Crippen LogP contribution in [-0.4, -0.2) is 12.0 Å². The average molecular weight is 129 g/mol. The molecule has 47 valence electrons.